The average Bonchev–Trinajstić information content (AvgIpc) is 3.04. The molecule has 2 aromatic rings. The summed E-state index contributed by atoms with van der Waals surface area (Å²) in [5, 5.41) is 11.0. The minimum absolute atomic E-state index is 0.0213. The molecule has 22 heavy (non-hydrogen) atoms. The van der Waals surface area contributed by atoms with Crippen molar-refractivity contribution in [3.05, 3.63) is 30.2 Å². The minimum Gasteiger partial charge on any atom is -0.497 e. The molecule has 0 saturated carbocycles. The molecule has 0 aliphatic carbocycles. The lowest BCUT2D eigenvalue weighted by atomic mass is 10.2. The first kappa shape index (κ1) is 14.5. The first-order chi connectivity index (χ1) is 10.7. The van der Waals surface area contributed by atoms with E-state index in [1.165, 1.54) is 0 Å². The summed E-state index contributed by atoms with van der Waals surface area (Å²) in [7, 11) is 1.62. The van der Waals surface area contributed by atoms with Crippen molar-refractivity contribution in [3.63, 3.8) is 0 Å². The Morgan fingerprint density at radius 1 is 1.32 bits per heavy atom. The molecule has 1 atom stereocenters. The minimum atomic E-state index is -0.0921. The molecule has 116 valence electrons. The van der Waals surface area contributed by atoms with Crippen molar-refractivity contribution in [1.29, 1.82) is 0 Å². The highest BCUT2D eigenvalue weighted by molar-refractivity contribution is 5.78. The van der Waals surface area contributed by atoms with E-state index < -0.39 is 0 Å². The molecular formula is C15H18N4O3. The van der Waals surface area contributed by atoms with Gasteiger partial charge in [0.25, 0.3) is 0 Å². The van der Waals surface area contributed by atoms with E-state index >= 15 is 0 Å². The predicted octanol–water partition coefficient (Wildman–Crippen LogP) is 1.24. The van der Waals surface area contributed by atoms with Gasteiger partial charge in [-0.2, -0.15) is 0 Å². The van der Waals surface area contributed by atoms with Crippen molar-refractivity contribution < 1.29 is 13.9 Å². The average molecular weight is 302 g/mol. The number of carbonyl (C=O) groups excluding carboxylic acids is 1. The molecule has 0 unspecified atom stereocenters. The Morgan fingerprint density at radius 2 is 2.09 bits per heavy atom. The van der Waals surface area contributed by atoms with Gasteiger partial charge in [0.2, 0.25) is 17.7 Å². The second-order valence-electron chi connectivity index (χ2n) is 5.17. The van der Waals surface area contributed by atoms with Crippen molar-refractivity contribution >= 4 is 5.91 Å². The molecule has 0 spiro atoms. The number of hydrogen-bond donors (Lipinski definition) is 1. The fraction of sp³-hybridized carbons (Fsp3) is 0.400. The number of amides is 1. The molecule has 1 aliphatic rings. The third-order valence-electron chi connectivity index (χ3n) is 3.75. The molecule has 1 N–H and O–H groups in total. The zero-order valence-corrected chi connectivity index (χ0v) is 12.6. The SMILES string of the molecule is COc1ccc(-c2nnc([C@H](C)N3CCNC(=O)C3)o2)cc1. The molecule has 1 amide bonds. The third-order valence-corrected chi connectivity index (χ3v) is 3.75. The number of hydrogen-bond acceptors (Lipinski definition) is 6. The summed E-state index contributed by atoms with van der Waals surface area (Å²) in [6.07, 6.45) is 0. The van der Waals surface area contributed by atoms with Crippen LogP contribution in [0.15, 0.2) is 28.7 Å². The Bertz CT molecular complexity index is 653. The number of ether oxygens (including phenoxy) is 1. The maximum absolute atomic E-state index is 11.5. The Balaban J connectivity index is 1.76. The highest BCUT2D eigenvalue weighted by Gasteiger charge is 2.26. The van der Waals surface area contributed by atoms with Crippen LogP contribution < -0.4 is 10.1 Å². The van der Waals surface area contributed by atoms with Gasteiger partial charge in [0, 0.05) is 18.7 Å². The monoisotopic (exact) mass is 302 g/mol. The van der Waals surface area contributed by atoms with Crippen molar-refractivity contribution in [3.8, 4) is 17.2 Å². The fourth-order valence-electron chi connectivity index (χ4n) is 2.40. The van der Waals surface area contributed by atoms with Crippen LogP contribution in [0.5, 0.6) is 5.75 Å². The van der Waals surface area contributed by atoms with Crippen LogP contribution in [0.2, 0.25) is 0 Å². The van der Waals surface area contributed by atoms with Crippen molar-refractivity contribution in [1.82, 2.24) is 20.4 Å². The van der Waals surface area contributed by atoms with Crippen LogP contribution in [-0.4, -0.2) is 47.7 Å². The van der Waals surface area contributed by atoms with E-state index in [-0.39, 0.29) is 11.9 Å². The summed E-state index contributed by atoms with van der Waals surface area (Å²) >= 11 is 0. The summed E-state index contributed by atoms with van der Waals surface area (Å²) in [6, 6.07) is 7.34. The van der Waals surface area contributed by atoms with Crippen LogP contribution in [0.3, 0.4) is 0 Å². The van der Waals surface area contributed by atoms with Crippen LogP contribution >= 0.6 is 0 Å². The molecule has 0 bridgehead atoms. The van der Waals surface area contributed by atoms with E-state index in [1.807, 2.05) is 36.1 Å². The van der Waals surface area contributed by atoms with Crippen molar-refractivity contribution in [2.45, 2.75) is 13.0 Å². The lowest BCUT2D eigenvalue weighted by Crippen LogP contribution is -2.48. The fourth-order valence-corrected chi connectivity index (χ4v) is 2.40. The molecule has 1 saturated heterocycles. The van der Waals surface area contributed by atoms with Crippen LogP contribution in [0.25, 0.3) is 11.5 Å². The zero-order chi connectivity index (χ0) is 15.5. The summed E-state index contributed by atoms with van der Waals surface area (Å²) in [5.74, 6) is 1.77. The Kier molecular flexibility index (Phi) is 4.06. The molecular weight excluding hydrogens is 284 g/mol. The standard InChI is InChI=1S/C15H18N4O3/c1-10(19-8-7-16-13(20)9-19)14-17-18-15(22-14)11-3-5-12(21-2)6-4-11/h3-6,10H,7-9H2,1-2H3,(H,16,20)/t10-/m0/s1. The molecule has 1 fully saturated rings. The Labute approximate surface area is 128 Å². The van der Waals surface area contributed by atoms with E-state index in [9.17, 15) is 4.79 Å². The first-order valence-electron chi connectivity index (χ1n) is 7.16. The molecule has 1 aromatic carbocycles. The quantitative estimate of drug-likeness (QED) is 0.915. The van der Waals surface area contributed by atoms with Gasteiger partial charge in [-0.3, -0.25) is 9.69 Å². The summed E-state index contributed by atoms with van der Waals surface area (Å²) < 4.78 is 10.9. The van der Waals surface area contributed by atoms with E-state index in [1.54, 1.807) is 7.11 Å². The lowest BCUT2D eigenvalue weighted by molar-refractivity contribution is -0.124. The van der Waals surface area contributed by atoms with E-state index in [0.29, 0.717) is 24.9 Å². The summed E-state index contributed by atoms with van der Waals surface area (Å²) in [5.41, 5.74) is 0.836. The van der Waals surface area contributed by atoms with E-state index in [2.05, 4.69) is 15.5 Å². The van der Waals surface area contributed by atoms with Crippen LogP contribution in [0.4, 0.5) is 0 Å². The smallest absolute Gasteiger partial charge is 0.247 e. The van der Waals surface area contributed by atoms with Gasteiger partial charge in [-0.25, -0.2) is 0 Å². The molecule has 2 heterocycles. The maximum atomic E-state index is 11.5. The van der Waals surface area contributed by atoms with E-state index in [4.69, 9.17) is 9.15 Å². The number of piperazine rings is 1. The maximum Gasteiger partial charge on any atom is 0.247 e. The largest absolute Gasteiger partial charge is 0.497 e. The predicted molar refractivity (Wildman–Crippen MR) is 79.3 cm³/mol. The Hall–Kier alpha value is -2.41. The molecule has 3 rings (SSSR count). The van der Waals surface area contributed by atoms with Gasteiger partial charge >= 0.3 is 0 Å². The molecule has 7 heteroatoms. The number of nitrogens with zero attached hydrogens (tertiary/aromatic N) is 3. The number of rotatable bonds is 4. The topological polar surface area (TPSA) is 80.5 Å². The number of methoxy groups -OCH3 is 1. The highest BCUT2D eigenvalue weighted by atomic mass is 16.5. The van der Waals surface area contributed by atoms with Gasteiger partial charge in [0.15, 0.2) is 0 Å². The van der Waals surface area contributed by atoms with Crippen LogP contribution in [0.1, 0.15) is 18.9 Å². The highest BCUT2D eigenvalue weighted by Crippen LogP contribution is 2.25. The van der Waals surface area contributed by atoms with Gasteiger partial charge < -0.3 is 14.5 Å². The number of nitrogens with one attached hydrogen (secondary N) is 1. The molecule has 1 aliphatic heterocycles. The molecule has 7 nitrogen and oxygen atoms in total. The normalized spacial score (nSPS) is 17.1. The second kappa shape index (κ2) is 6.15. The number of benzene rings is 1. The third kappa shape index (κ3) is 2.94. The van der Waals surface area contributed by atoms with Crippen molar-refractivity contribution in [2.24, 2.45) is 0 Å². The summed E-state index contributed by atoms with van der Waals surface area (Å²) in [4.78, 5) is 13.5. The van der Waals surface area contributed by atoms with Gasteiger partial charge in [0.05, 0.1) is 19.7 Å². The zero-order valence-electron chi connectivity index (χ0n) is 12.6. The molecule has 0 radical (unpaired) electrons. The van der Waals surface area contributed by atoms with Gasteiger partial charge in [-0.15, -0.1) is 10.2 Å². The Morgan fingerprint density at radius 3 is 2.77 bits per heavy atom. The number of carbonyl (C=O) groups is 1. The van der Waals surface area contributed by atoms with Gasteiger partial charge in [-0.1, -0.05) is 0 Å². The second-order valence-corrected chi connectivity index (χ2v) is 5.17. The number of aromatic nitrogens is 2. The van der Waals surface area contributed by atoms with Crippen LogP contribution in [0, 0.1) is 0 Å². The first-order valence-corrected chi connectivity index (χ1v) is 7.16. The van der Waals surface area contributed by atoms with Crippen LogP contribution in [-0.2, 0) is 4.79 Å². The summed E-state index contributed by atoms with van der Waals surface area (Å²) in [6.45, 7) is 3.72. The lowest BCUT2D eigenvalue weighted by Gasteiger charge is -2.29. The van der Waals surface area contributed by atoms with Gasteiger partial charge in [-0.05, 0) is 31.2 Å². The molecule has 1 aromatic heterocycles. The van der Waals surface area contributed by atoms with Gasteiger partial charge in [0.1, 0.15) is 5.75 Å². The van der Waals surface area contributed by atoms with Crippen molar-refractivity contribution in [2.75, 3.05) is 26.7 Å². The van der Waals surface area contributed by atoms with E-state index in [0.717, 1.165) is 17.9 Å².